The molecule has 126 valence electrons. The zero-order valence-electron chi connectivity index (χ0n) is 13.6. The molecule has 1 aromatic rings. The molecule has 3 rings (SSSR count). The molecule has 6 nitrogen and oxygen atoms in total. The van der Waals surface area contributed by atoms with Crippen LogP contribution in [-0.4, -0.2) is 49.6 Å². The molecule has 1 saturated heterocycles. The Balaban J connectivity index is 1.54. The number of carbonyl (C=O) groups excluding carboxylic acids is 1. The largest absolute Gasteiger partial charge is 0.339 e. The summed E-state index contributed by atoms with van der Waals surface area (Å²) >= 11 is 0. The Morgan fingerprint density at radius 1 is 1.30 bits per heavy atom. The highest BCUT2D eigenvalue weighted by Crippen LogP contribution is 2.49. The Labute approximate surface area is 137 Å². The smallest absolute Gasteiger partial charge is 0.255 e. The maximum atomic E-state index is 12.5. The maximum absolute atomic E-state index is 12.5. The van der Waals surface area contributed by atoms with Crippen LogP contribution in [0.25, 0.3) is 0 Å². The zero-order valence-corrected chi connectivity index (χ0v) is 14.4. The second kappa shape index (κ2) is 5.87. The third kappa shape index (κ3) is 3.72. The number of nitrogens with zero attached hydrogens (tertiary/aromatic N) is 2. The molecule has 1 aliphatic heterocycles. The van der Waals surface area contributed by atoms with Crippen LogP contribution in [0.4, 0.5) is 0 Å². The number of pyridine rings is 1. The SMILES string of the molecule is Cc1cncc(C(=O)N2CCC3(CC2)CC(NS(C)(=O)=O)C3)c1. The van der Waals surface area contributed by atoms with Crippen LogP contribution in [0.3, 0.4) is 0 Å². The number of nitrogens with one attached hydrogen (secondary N) is 1. The molecule has 1 amide bonds. The first-order valence-corrected chi connectivity index (χ1v) is 9.84. The lowest BCUT2D eigenvalue weighted by Gasteiger charge is -2.52. The highest BCUT2D eigenvalue weighted by molar-refractivity contribution is 7.88. The van der Waals surface area contributed by atoms with Gasteiger partial charge in [-0.3, -0.25) is 9.78 Å². The highest BCUT2D eigenvalue weighted by atomic mass is 32.2. The van der Waals surface area contributed by atoms with E-state index in [4.69, 9.17) is 0 Å². The fraction of sp³-hybridized carbons (Fsp3) is 0.625. The molecule has 1 aromatic heterocycles. The van der Waals surface area contributed by atoms with E-state index in [2.05, 4.69) is 9.71 Å². The average Bonchev–Trinajstić information content (AvgIpc) is 2.44. The standard InChI is InChI=1S/C16H23N3O3S/c1-12-7-13(11-17-10-12)15(20)19-5-3-16(4-6-19)8-14(9-16)18-23(2,21)22/h7,10-11,14,18H,3-6,8-9H2,1-2H3. The summed E-state index contributed by atoms with van der Waals surface area (Å²) in [6, 6.07) is 1.93. The van der Waals surface area contributed by atoms with Gasteiger partial charge in [0.15, 0.2) is 0 Å². The lowest BCUT2D eigenvalue weighted by Crippen LogP contribution is -2.55. The molecule has 2 fully saturated rings. The predicted octanol–water partition coefficient (Wildman–Crippen LogP) is 1.32. The first-order valence-electron chi connectivity index (χ1n) is 7.95. The Morgan fingerprint density at radius 2 is 1.96 bits per heavy atom. The number of sulfonamides is 1. The summed E-state index contributed by atoms with van der Waals surface area (Å²) in [6.07, 6.45) is 8.22. The lowest BCUT2D eigenvalue weighted by molar-refractivity contribution is 0.0138. The molecule has 1 saturated carbocycles. The second-order valence-corrected chi connectivity index (χ2v) is 8.82. The van der Waals surface area contributed by atoms with Crippen molar-refractivity contribution in [2.75, 3.05) is 19.3 Å². The number of hydrogen-bond acceptors (Lipinski definition) is 4. The molecule has 1 aliphatic carbocycles. The number of likely N-dealkylation sites (tertiary alicyclic amines) is 1. The topological polar surface area (TPSA) is 79.4 Å². The van der Waals surface area contributed by atoms with E-state index in [9.17, 15) is 13.2 Å². The fourth-order valence-corrected chi connectivity index (χ4v) is 4.59. The normalized spacial score (nSPS) is 21.2. The van der Waals surface area contributed by atoms with Gasteiger partial charge in [-0.1, -0.05) is 0 Å². The van der Waals surface area contributed by atoms with Crippen molar-refractivity contribution in [3.63, 3.8) is 0 Å². The number of carbonyl (C=O) groups is 1. The Morgan fingerprint density at radius 3 is 2.52 bits per heavy atom. The van der Waals surface area contributed by atoms with Gasteiger partial charge in [0.2, 0.25) is 10.0 Å². The van der Waals surface area contributed by atoms with Gasteiger partial charge in [0.1, 0.15) is 0 Å². The van der Waals surface area contributed by atoms with Crippen LogP contribution in [0.5, 0.6) is 0 Å². The Bertz CT molecular complexity index is 701. The quantitative estimate of drug-likeness (QED) is 0.902. The summed E-state index contributed by atoms with van der Waals surface area (Å²) in [5.41, 5.74) is 1.84. The van der Waals surface area contributed by atoms with Crippen molar-refractivity contribution < 1.29 is 13.2 Å². The first-order chi connectivity index (χ1) is 10.8. The minimum Gasteiger partial charge on any atom is -0.339 e. The molecule has 2 aliphatic rings. The van der Waals surface area contributed by atoms with Crippen LogP contribution in [0.1, 0.15) is 41.6 Å². The molecule has 23 heavy (non-hydrogen) atoms. The average molecular weight is 337 g/mol. The van der Waals surface area contributed by atoms with Gasteiger partial charge in [-0.05, 0) is 49.7 Å². The molecule has 1 spiro atoms. The first kappa shape index (κ1) is 16.4. The number of amides is 1. The van der Waals surface area contributed by atoms with Crippen molar-refractivity contribution in [3.05, 3.63) is 29.6 Å². The summed E-state index contributed by atoms with van der Waals surface area (Å²) in [5.74, 6) is 0.0428. The minimum atomic E-state index is -3.13. The molecule has 2 heterocycles. The number of piperidine rings is 1. The van der Waals surface area contributed by atoms with Crippen LogP contribution >= 0.6 is 0 Å². The molecule has 0 aromatic carbocycles. The molecule has 0 unspecified atom stereocenters. The van der Waals surface area contributed by atoms with Gasteiger partial charge in [0, 0.05) is 31.5 Å². The van der Waals surface area contributed by atoms with Gasteiger partial charge in [0.25, 0.3) is 5.91 Å². The molecule has 0 radical (unpaired) electrons. The van der Waals surface area contributed by atoms with E-state index in [1.54, 1.807) is 12.4 Å². The molecular formula is C16H23N3O3S. The van der Waals surface area contributed by atoms with E-state index in [0.717, 1.165) is 44.3 Å². The van der Waals surface area contributed by atoms with Gasteiger partial charge in [-0.2, -0.15) is 0 Å². The van der Waals surface area contributed by atoms with Crippen molar-refractivity contribution in [1.82, 2.24) is 14.6 Å². The van der Waals surface area contributed by atoms with Gasteiger partial charge in [-0.15, -0.1) is 0 Å². The summed E-state index contributed by atoms with van der Waals surface area (Å²) in [5, 5.41) is 0. The minimum absolute atomic E-state index is 0.0428. The molecule has 1 N–H and O–H groups in total. The van der Waals surface area contributed by atoms with E-state index in [1.165, 1.54) is 6.26 Å². The summed E-state index contributed by atoms with van der Waals surface area (Å²) in [7, 11) is -3.13. The lowest BCUT2D eigenvalue weighted by atomic mass is 9.60. The van der Waals surface area contributed by atoms with Gasteiger partial charge >= 0.3 is 0 Å². The number of rotatable bonds is 3. The van der Waals surface area contributed by atoms with Gasteiger partial charge in [0.05, 0.1) is 11.8 Å². The van der Waals surface area contributed by atoms with E-state index >= 15 is 0 Å². The zero-order chi connectivity index (χ0) is 16.7. The van der Waals surface area contributed by atoms with E-state index in [1.807, 2.05) is 17.9 Å². The van der Waals surface area contributed by atoms with Crippen molar-refractivity contribution in [3.8, 4) is 0 Å². The third-order valence-corrected chi connectivity index (χ3v) is 5.73. The van der Waals surface area contributed by atoms with Crippen molar-refractivity contribution >= 4 is 15.9 Å². The molecule has 7 heteroatoms. The van der Waals surface area contributed by atoms with Crippen molar-refractivity contribution in [1.29, 1.82) is 0 Å². The fourth-order valence-electron chi connectivity index (χ4n) is 3.82. The van der Waals surface area contributed by atoms with Crippen molar-refractivity contribution in [2.24, 2.45) is 5.41 Å². The molecular weight excluding hydrogens is 314 g/mol. The summed E-state index contributed by atoms with van der Waals surface area (Å²) < 4.78 is 25.2. The second-order valence-electron chi connectivity index (χ2n) is 7.04. The third-order valence-electron chi connectivity index (χ3n) is 4.97. The Hall–Kier alpha value is -1.47. The maximum Gasteiger partial charge on any atom is 0.255 e. The van der Waals surface area contributed by atoms with Gasteiger partial charge < -0.3 is 4.90 Å². The van der Waals surface area contributed by atoms with E-state index in [-0.39, 0.29) is 17.4 Å². The number of aryl methyl sites for hydroxylation is 1. The van der Waals surface area contributed by atoms with Crippen LogP contribution in [-0.2, 0) is 10.0 Å². The Kier molecular flexibility index (Phi) is 4.18. The van der Waals surface area contributed by atoms with E-state index in [0.29, 0.717) is 5.56 Å². The number of hydrogen-bond donors (Lipinski definition) is 1. The molecule has 0 bridgehead atoms. The van der Waals surface area contributed by atoms with Crippen LogP contribution in [0.2, 0.25) is 0 Å². The number of aromatic nitrogens is 1. The van der Waals surface area contributed by atoms with Crippen LogP contribution < -0.4 is 4.72 Å². The van der Waals surface area contributed by atoms with Gasteiger partial charge in [-0.25, -0.2) is 13.1 Å². The van der Waals surface area contributed by atoms with Crippen LogP contribution in [0, 0.1) is 12.3 Å². The molecule has 0 atom stereocenters. The van der Waals surface area contributed by atoms with Crippen LogP contribution in [0.15, 0.2) is 18.5 Å². The summed E-state index contributed by atoms with van der Waals surface area (Å²) in [4.78, 5) is 18.5. The summed E-state index contributed by atoms with van der Waals surface area (Å²) in [6.45, 7) is 3.40. The monoisotopic (exact) mass is 337 g/mol. The van der Waals surface area contributed by atoms with E-state index < -0.39 is 10.0 Å². The highest BCUT2D eigenvalue weighted by Gasteiger charge is 2.47. The van der Waals surface area contributed by atoms with Crippen molar-refractivity contribution in [2.45, 2.75) is 38.6 Å². The predicted molar refractivity (Wildman–Crippen MR) is 87.5 cm³/mol.